The Labute approximate surface area is 195 Å². The minimum Gasteiger partial charge on any atom is -0.370 e. The summed E-state index contributed by atoms with van der Waals surface area (Å²) >= 11 is 0. The highest BCUT2D eigenvalue weighted by molar-refractivity contribution is 5.80. The monoisotopic (exact) mass is 444 g/mol. The second-order valence-corrected chi connectivity index (χ2v) is 9.33. The first-order chi connectivity index (χ1) is 16.2. The Morgan fingerprint density at radius 3 is 2.70 bits per heavy atom. The number of ether oxygens (including phenoxy) is 1. The molecule has 2 fully saturated rings. The summed E-state index contributed by atoms with van der Waals surface area (Å²) in [4.78, 5) is 26.4. The molecule has 1 amide bonds. The van der Waals surface area contributed by atoms with E-state index in [0.717, 1.165) is 42.4 Å². The predicted molar refractivity (Wildman–Crippen MR) is 128 cm³/mol. The van der Waals surface area contributed by atoms with Gasteiger partial charge in [0.15, 0.2) is 0 Å². The number of carbonyl (C=O) groups is 1. The molecule has 1 aromatic carbocycles. The van der Waals surface area contributed by atoms with Gasteiger partial charge in [0, 0.05) is 49.7 Å². The fourth-order valence-corrected chi connectivity index (χ4v) is 5.16. The Balaban J connectivity index is 1.33. The van der Waals surface area contributed by atoms with Crippen LogP contribution in [0.15, 0.2) is 61.1 Å². The van der Waals surface area contributed by atoms with Gasteiger partial charge in [0.2, 0.25) is 5.91 Å². The van der Waals surface area contributed by atoms with Crippen molar-refractivity contribution >= 4 is 16.8 Å². The zero-order chi connectivity index (χ0) is 22.5. The first kappa shape index (κ1) is 22.0. The number of carbonyl (C=O) groups excluding carboxylic acids is 1. The van der Waals surface area contributed by atoms with Crippen LogP contribution >= 0.6 is 0 Å². The molecule has 1 saturated heterocycles. The van der Waals surface area contributed by atoms with Crippen LogP contribution in [0.5, 0.6) is 0 Å². The van der Waals surface area contributed by atoms with Crippen LogP contribution in [0.3, 0.4) is 0 Å². The van der Waals surface area contributed by atoms with Gasteiger partial charge in [0.05, 0.1) is 24.8 Å². The van der Waals surface area contributed by atoms with Crippen molar-refractivity contribution < 1.29 is 9.53 Å². The Morgan fingerprint density at radius 2 is 1.85 bits per heavy atom. The van der Waals surface area contributed by atoms with E-state index in [1.54, 1.807) is 6.20 Å². The average Bonchev–Trinajstić information content (AvgIpc) is 3.02. The molecular formula is C27H32N4O2. The molecule has 6 nitrogen and oxygen atoms in total. The van der Waals surface area contributed by atoms with Gasteiger partial charge >= 0.3 is 0 Å². The number of nitrogens with zero attached hydrogens (tertiary/aromatic N) is 4. The maximum atomic E-state index is 13.4. The number of aromatic nitrogens is 2. The zero-order valence-corrected chi connectivity index (χ0v) is 19.1. The highest BCUT2D eigenvalue weighted by Crippen LogP contribution is 2.25. The molecule has 172 valence electrons. The van der Waals surface area contributed by atoms with E-state index in [1.807, 2.05) is 30.6 Å². The van der Waals surface area contributed by atoms with Crippen LogP contribution < -0.4 is 0 Å². The van der Waals surface area contributed by atoms with Crippen LogP contribution in [0.1, 0.15) is 43.2 Å². The maximum Gasteiger partial charge on any atom is 0.237 e. The molecule has 1 unspecified atom stereocenters. The number of benzene rings is 1. The lowest BCUT2D eigenvalue weighted by molar-refractivity contribution is -0.135. The molecule has 2 aliphatic rings. The molecule has 6 heteroatoms. The quantitative estimate of drug-likeness (QED) is 0.571. The van der Waals surface area contributed by atoms with Gasteiger partial charge in [-0.3, -0.25) is 19.7 Å². The first-order valence-corrected chi connectivity index (χ1v) is 12.1. The molecule has 33 heavy (non-hydrogen) atoms. The van der Waals surface area contributed by atoms with Crippen molar-refractivity contribution in [3.05, 3.63) is 72.2 Å². The summed E-state index contributed by atoms with van der Waals surface area (Å²) in [6.07, 6.45) is 11.3. The van der Waals surface area contributed by atoms with Gasteiger partial charge in [-0.1, -0.05) is 37.5 Å². The number of hydrogen-bond acceptors (Lipinski definition) is 5. The summed E-state index contributed by atoms with van der Waals surface area (Å²) in [5.74, 6) is 0.233. The van der Waals surface area contributed by atoms with E-state index in [1.165, 1.54) is 24.8 Å². The van der Waals surface area contributed by atoms with Crippen molar-refractivity contribution in [3.8, 4) is 0 Å². The van der Waals surface area contributed by atoms with Gasteiger partial charge in [0.1, 0.15) is 0 Å². The first-order valence-electron chi connectivity index (χ1n) is 12.1. The van der Waals surface area contributed by atoms with Crippen molar-refractivity contribution in [2.24, 2.45) is 0 Å². The van der Waals surface area contributed by atoms with Crippen molar-refractivity contribution in [2.45, 2.75) is 57.4 Å². The van der Waals surface area contributed by atoms with Crippen LogP contribution in [-0.4, -0.2) is 57.5 Å². The van der Waals surface area contributed by atoms with E-state index in [-0.39, 0.29) is 12.0 Å². The third-order valence-corrected chi connectivity index (χ3v) is 6.84. The van der Waals surface area contributed by atoms with E-state index in [0.29, 0.717) is 25.7 Å². The number of hydrogen-bond donors (Lipinski definition) is 0. The number of amides is 1. The summed E-state index contributed by atoms with van der Waals surface area (Å²) < 4.78 is 6.37. The zero-order valence-electron chi connectivity index (χ0n) is 19.1. The summed E-state index contributed by atoms with van der Waals surface area (Å²) in [6.45, 7) is 3.08. The van der Waals surface area contributed by atoms with E-state index in [9.17, 15) is 4.79 Å². The smallest absolute Gasteiger partial charge is 0.237 e. The number of rotatable bonds is 6. The molecule has 1 aliphatic heterocycles. The molecule has 5 rings (SSSR count). The van der Waals surface area contributed by atoms with Crippen molar-refractivity contribution in [1.29, 1.82) is 0 Å². The lowest BCUT2D eigenvalue weighted by Gasteiger charge is -2.35. The van der Waals surface area contributed by atoms with E-state index in [4.69, 9.17) is 4.74 Å². The SMILES string of the molecule is O=C1CN(Cc2ccc3ncccc3c2)CC(OCc2cccnc2)CN1C1CCCCC1. The summed E-state index contributed by atoms with van der Waals surface area (Å²) in [6, 6.07) is 14.7. The third-order valence-electron chi connectivity index (χ3n) is 6.84. The summed E-state index contributed by atoms with van der Waals surface area (Å²) in [5, 5.41) is 1.13. The van der Waals surface area contributed by atoms with Crippen LogP contribution in [0.2, 0.25) is 0 Å². The molecule has 3 heterocycles. The van der Waals surface area contributed by atoms with Gasteiger partial charge in [-0.25, -0.2) is 0 Å². The van der Waals surface area contributed by atoms with Crippen LogP contribution in [0.25, 0.3) is 10.9 Å². The fraction of sp³-hybridized carbons (Fsp3) is 0.444. The Hall–Kier alpha value is -2.83. The minimum absolute atomic E-state index is 0.0271. The van der Waals surface area contributed by atoms with E-state index in [2.05, 4.69) is 44.0 Å². The Bertz CT molecular complexity index is 1070. The summed E-state index contributed by atoms with van der Waals surface area (Å²) in [5.41, 5.74) is 3.25. The highest BCUT2D eigenvalue weighted by atomic mass is 16.5. The third kappa shape index (κ3) is 5.57. The minimum atomic E-state index is -0.0271. The van der Waals surface area contributed by atoms with Crippen molar-refractivity contribution in [2.75, 3.05) is 19.6 Å². The van der Waals surface area contributed by atoms with Gasteiger partial charge in [-0.15, -0.1) is 0 Å². The van der Waals surface area contributed by atoms with Gasteiger partial charge in [0.25, 0.3) is 0 Å². The topological polar surface area (TPSA) is 58.6 Å². The van der Waals surface area contributed by atoms with Gasteiger partial charge in [-0.2, -0.15) is 0 Å². The largest absolute Gasteiger partial charge is 0.370 e. The maximum absolute atomic E-state index is 13.4. The Morgan fingerprint density at radius 1 is 0.970 bits per heavy atom. The molecule has 2 aromatic heterocycles. The van der Waals surface area contributed by atoms with Crippen LogP contribution in [-0.2, 0) is 22.7 Å². The molecular weight excluding hydrogens is 412 g/mol. The second-order valence-electron chi connectivity index (χ2n) is 9.33. The molecule has 1 atom stereocenters. The molecule has 1 aliphatic carbocycles. The highest BCUT2D eigenvalue weighted by Gasteiger charge is 2.33. The van der Waals surface area contributed by atoms with Gasteiger partial charge < -0.3 is 9.64 Å². The molecule has 1 saturated carbocycles. The summed E-state index contributed by atoms with van der Waals surface area (Å²) in [7, 11) is 0. The van der Waals surface area contributed by atoms with Crippen LogP contribution in [0.4, 0.5) is 0 Å². The second kappa shape index (κ2) is 10.4. The normalized spacial score (nSPS) is 20.8. The van der Waals surface area contributed by atoms with E-state index >= 15 is 0 Å². The van der Waals surface area contributed by atoms with Crippen molar-refractivity contribution in [3.63, 3.8) is 0 Å². The molecule has 3 aromatic rings. The number of pyridine rings is 2. The average molecular weight is 445 g/mol. The Kier molecular flexibility index (Phi) is 6.93. The fourth-order valence-electron chi connectivity index (χ4n) is 5.16. The van der Waals surface area contributed by atoms with Crippen LogP contribution in [0, 0.1) is 0 Å². The standard InChI is InChI=1S/C27H32N4O2/c32-27-19-30(16-21-10-11-26-23(14-21)7-5-13-29-26)17-25(33-20-22-6-4-12-28-15-22)18-31(27)24-8-2-1-3-9-24/h4-7,10-15,24-25H,1-3,8-9,16-20H2. The molecule has 0 radical (unpaired) electrons. The molecule has 0 spiro atoms. The van der Waals surface area contributed by atoms with E-state index < -0.39 is 0 Å². The number of fused-ring (bicyclic) bond motifs is 1. The van der Waals surface area contributed by atoms with Gasteiger partial charge in [-0.05, 0) is 48.2 Å². The molecule has 0 N–H and O–H groups in total. The predicted octanol–water partition coefficient (Wildman–Crippen LogP) is 4.19. The lowest BCUT2D eigenvalue weighted by atomic mass is 9.94. The van der Waals surface area contributed by atoms with Crippen molar-refractivity contribution in [1.82, 2.24) is 19.8 Å². The molecule has 0 bridgehead atoms. The lowest BCUT2D eigenvalue weighted by Crippen LogP contribution is -2.45.